The molecule has 0 saturated heterocycles. The number of ether oxygens (including phenoxy) is 2. The summed E-state index contributed by atoms with van der Waals surface area (Å²) in [5.41, 5.74) is 0.687. The van der Waals surface area contributed by atoms with Crippen molar-refractivity contribution in [3.63, 3.8) is 0 Å². The summed E-state index contributed by atoms with van der Waals surface area (Å²) >= 11 is 12.7. The van der Waals surface area contributed by atoms with Crippen molar-refractivity contribution < 1.29 is 14.3 Å². The zero-order valence-electron chi connectivity index (χ0n) is 14.7. The Kier molecular flexibility index (Phi) is 6.18. The molecule has 2 heterocycles. The smallest absolute Gasteiger partial charge is 0.287 e. The molecule has 1 amide bonds. The van der Waals surface area contributed by atoms with Gasteiger partial charge in [0.2, 0.25) is 5.91 Å². The van der Waals surface area contributed by atoms with E-state index in [9.17, 15) is 9.59 Å². The molecule has 0 atom stereocenters. The van der Waals surface area contributed by atoms with Gasteiger partial charge in [-0.25, -0.2) is 9.67 Å². The van der Waals surface area contributed by atoms with Crippen LogP contribution in [0.2, 0.25) is 10.0 Å². The van der Waals surface area contributed by atoms with E-state index in [2.05, 4.69) is 15.4 Å². The van der Waals surface area contributed by atoms with Gasteiger partial charge in [0.15, 0.2) is 5.13 Å². The number of hydrogen-bond donors (Lipinski definition) is 1. The lowest BCUT2D eigenvalue weighted by Crippen LogP contribution is -2.29. The molecule has 146 valence electrons. The number of carbonyl (C=O) groups excluding carboxylic acids is 1. The highest BCUT2D eigenvalue weighted by molar-refractivity contribution is 7.14. The van der Waals surface area contributed by atoms with Crippen molar-refractivity contribution in [3.8, 4) is 22.8 Å². The van der Waals surface area contributed by atoms with E-state index in [1.54, 1.807) is 37.8 Å². The Morgan fingerprint density at radius 1 is 1.29 bits per heavy atom. The number of aromatic nitrogens is 3. The van der Waals surface area contributed by atoms with E-state index in [4.69, 9.17) is 32.7 Å². The molecule has 0 fully saturated rings. The van der Waals surface area contributed by atoms with Crippen LogP contribution in [-0.2, 0) is 11.3 Å². The first kappa shape index (κ1) is 20.1. The van der Waals surface area contributed by atoms with Crippen LogP contribution in [0.25, 0.3) is 11.3 Å². The van der Waals surface area contributed by atoms with Crippen molar-refractivity contribution in [2.45, 2.75) is 6.54 Å². The molecular weight excluding hydrogens is 427 g/mol. The Balaban J connectivity index is 1.77. The highest BCUT2D eigenvalue weighted by Gasteiger charge is 2.15. The maximum atomic E-state index is 12.2. The number of amides is 1. The molecule has 0 unspecified atom stereocenters. The highest BCUT2D eigenvalue weighted by atomic mass is 35.5. The van der Waals surface area contributed by atoms with Crippen LogP contribution in [0.1, 0.15) is 0 Å². The SMILES string of the molecule is COc1ccc(OC)c(-c2csc(NC(=O)Cn3ncc(Cl)c(Cl)c3=O)n2)c1. The quantitative estimate of drug-likeness (QED) is 0.631. The minimum absolute atomic E-state index is 0.0279. The molecule has 0 aliphatic carbocycles. The molecule has 1 N–H and O–H groups in total. The van der Waals surface area contributed by atoms with Crippen molar-refractivity contribution in [2.24, 2.45) is 0 Å². The Morgan fingerprint density at radius 2 is 2.07 bits per heavy atom. The lowest BCUT2D eigenvalue weighted by Gasteiger charge is -2.08. The van der Waals surface area contributed by atoms with Gasteiger partial charge in [0.25, 0.3) is 5.56 Å². The molecule has 0 spiro atoms. The van der Waals surface area contributed by atoms with Crippen LogP contribution in [0.15, 0.2) is 34.6 Å². The van der Waals surface area contributed by atoms with Gasteiger partial charge in [0.05, 0.1) is 31.1 Å². The fourth-order valence-corrected chi connectivity index (χ4v) is 3.32. The van der Waals surface area contributed by atoms with Gasteiger partial charge in [-0.15, -0.1) is 11.3 Å². The van der Waals surface area contributed by atoms with Gasteiger partial charge in [-0.2, -0.15) is 5.10 Å². The average molecular weight is 441 g/mol. The largest absolute Gasteiger partial charge is 0.497 e. The minimum atomic E-state index is -0.648. The van der Waals surface area contributed by atoms with Gasteiger partial charge in [0, 0.05) is 10.9 Å². The summed E-state index contributed by atoms with van der Waals surface area (Å²) in [4.78, 5) is 28.6. The number of rotatable bonds is 6. The third-order valence-corrected chi connectivity index (χ3v) is 5.18. The summed E-state index contributed by atoms with van der Waals surface area (Å²) in [6, 6.07) is 5.34. The summed E-state index contributed by atoms with van der Waals surface area (Å²) in [6.45, 7) is -0.326. The number of anilines is 1. The maximum absolute atomic E-state index is 12.2. The van der Waals surface area contributed by atoms with Crippen molar-refractivity contribution in [2.75, 3.05) is 19.5 Å². The number of nitrogens with one attached hydrogen (secondary N) is 1. The van der Waals surface area contributed by atoms with E-state index in [0.29, 0.717) is 22.3 Å². The summed E-state index contributed by atoms with van der Waals surface area (Å²) in [7, 11) is 3.12. The summed E-state index contributed by atoms with van der Waals surface area (Å²) < 4.78 is 11.5. The third kappa shape index (κ3) is 4.27. The number of benzene rings is 1. The number of carbonyl (C=O) groups is 1. The summed E-state index contributed by atoms with van der Waals surface area (Å²) in [5, 5.41) is 8.40. The predicted molar refractivity (Wildman–Crippen MR) is 108 cm³/mol. The van der Waals surface area contributed by atoms with Gasteiger partial charge in [0.1, 0.15) is 23.1 Å². The van der Waals surface area contributed by atoms with Crippen LogP contribution >= 0.6 is 34.5 Å². The number of hydrogen-bond acceptors (Lipinski definition) is 7. The lowest BCUT2D eigenvalue weighted by atomic mass is 10.1. The van der Waals surface area contributed by atoms with Crippen molar-refractivity contribution in [1.29, 1.82) is 0 Å². The van der Waals surface area contributed by atoms with Crippen LogP contribution in [-0.4, -0.2) is 34.9 Å². The molecule has 0 radical (unpaired) electrons. The van der Waals surface area contributed by atoms with E-state index >= 15 is 0 Å². The number of nitrogens with zero attached hydrogens (tertiary/aromatic N) is 3. The molecule has 28 heavy (non-hydrogen) atoms. The van der Waals surface area contributed by atoms with Gasteiger partial charge in [-0.3, -0.25) is 9.59 Å². The second-order valence-electron chi connectivity index (χ2n) is 5.42. The summed E-state index contributed by atoms with van der Waals surface area (Å²) in [5.74, 6) is 0.793. The fraction of sp³-hybridized carbons (Fsp3) is 0.176. The molecule has 0 saturated carbocycles. The average Bonchev–Trinajstić information content (AvgIpc) is 3.16. The van der Waals surface area contributed by atoms with Crippen molar-refractivity contribution in [3.05, 3.63) is 50.2 Å². The van der Waals surface area contributed by atoms with E-state index < -0.39 is 11.5 Å². The van der Waals surface area contributed by atoms with Crippen molar-refractivity contribution in [1.82, 2.24) is 14.8 Å². The molecule has 0 aliphatic rings. The maximum Gasteiger partial charge on any atom is 0.287 e. The van der Waals surface area contributed by atoms with Crippen LogP contribution < -0.4 is 20.3 Å². The Hall–Kier alpha value is -2.62. The fourth-order valence-electron chi connectivity index (χ4n) is 2.32. The van der Waals surface area contributed by atoms with Crippen LogP contribution in [0, 0.1) is 0 Å². The van der Waals surface area contributed by atoms with Crippen LogP contribution in [0.3, 0.4) is 0 Å². The van der Waals surface area contributed by atoms with Gasteiger partial charge >= 0.3 is 0 Å². The topological polar surface area (TPSA) is 95.3 Å². The van der Waals surface area contributed by atoms with Crippen molar-refractivity contribution >= 4 is 45.6 Å². The minimum Gasteiger partial charge on any atom is -0.497 e. The molecular formula is C17H14Cl2N4O4S. The Bertz CT molecular complexity index is 1080. The molecule has 2 aromatic heterocycles. The first-order valence-corrected chi connectivity index (χ1v) is 9.45. The molecule has 11 heteroatoms. The Labute approximate surface area is 173 Å². The molecule has 3 rings (SSSR count). The van der Waals surface area contributed by atoms with E-state index in [1.165, 1.54) is 17.5 Å². The number of halogens is 2. The predicted octanol–water partition coefficient (Wildman–Crippen LogP) is 3.33. The second kappa shape index (κ2) is 8.59. The third-order valence-electron chi connectivity index (χ3n) is 3.67. The number of thiazole rings is 1. The first-order valence-electron chi connectivity index (χ1n) is 7.81. The van der Waals surface area contributed by atoms with Gasteiger partial charge in [-0.1, -0.05) is 23.2 Å². The van der Waals surface area contributed by atoms with E-state index in [1.807, 2.05) is 0 Å². The van der Waals surface area contributed by atoms with Gasteiger partial charge in [-0.05, 0) is 18.2 Å². The van der Waals surface area contributed by atoms with E-state index in [-0.39, 0.29) is 16.6 Å². The monoisotopic (exact) mass is 440 g/mol. The first-order chi connectivity index (χ1) is 13.4. The molecule has 1 aromatic carbocycles. The lowest BCUT2D eigenvalue weighted by molar-refractivity contribution is -0.117. The van der Waals surface area contributed by atoms with Crippen LogP contribution in [0.4, 0.5) is 5.13 Å². The molecule has 3 aromatic rings. The summed E-state index contributed by atoms with van der Waals surface area (Å²) in [6.07, 6.45) is 1.20. The molecule has 0 aliphatic heterocycles. The Morgan fingerprint density at radius 3 is 2.79 bits per heavy atom. The van der Waals surface area contributed by atoms with E-state index in [0.717, 1.165) is 10.2 Å². The molecule has 8 nitrogen and oxygen atoms in total. The van der Waals surface area contributed by atoms with Crippen LogP contribution in [0.5, 0.6) is 11.5 Å². The highest BCUT2D eigenvalue weighted by Crippen LogP contribution is 2.35. The van der Waals surface area contributed by atoms with Gasteiger partial charge < -0.3 is 14.8 Å². The zero-order chi connectivity index (χ0) is 20.3. The number of methoxy groups -OCH3 is 2. The second-order valence-corrected chi connectivity index (χ2v) is 7.06. The zero-order valence-corrected chi connectivity index (χ0v) is 17.1. The standard InChI is InChI=1S/C17H14Cl2N4O4S/c1-26-9-3-4-13(27-2)10(5-9)12-8-28-17(21-12)22-14(24)7-23-16(25)15(19)11(18)6-20-23/h3-6,8H,7H2,1-2H3,(H,21,22,24). The normalized spacial score (nSPS) is 10.6. The molecule has 0 bridgehead atoms.